The van der Waals surface area contributed by atoms with Crippen LogP contribution in [0.3, 0.4) is 0 Å². The third-order valence-electron chi connectivity index (χ3n) is 5.50. The lowest BCUT2D eigenvalue weighted by Crippen LogP contribution is -2.65. The number of carbonyl (C=O) groups is 1. The van der Waals surface area contributed by atoms with Crippen LogP contribution in [0.2, 0.25) is 0 Å². The van der Waals surface area contributed by atoms with Gasteiger partial charge in [-0.3, -0.25) is 4.79 Å². The van der Waals surface area contributed by atoms with Crippen LogP contribution in [0.4, 0.5) is 4.39 Å². The lowest BCUT2D eigenvalue weighted by molar-refractivity contribution is -0.151. The average Bonchev–Trinajstić information content (AvgIpc) is 2.60. The Bertz CT molecular complexity index is 572. The summed E-state index contributed by atoms with van der Waals surface area (Å²) in [6, 6.07) is 6.34. The van der Waals surface area contributed by atoms with Crippen LogP contribution in [0.25, 0.3) is 0 Å². The molecule has 1 spiro atoms. The van der Waals surface area contributed by atoms with Crippen LogP contribution in [-0.4, -0.2) is 54.9 Å². The molecule has 0 unspecified atom stereocenters. The summed E-state index contributed by atoms with van der Waals surface area (Å²) in [4.78, 5) is 13.9. The highest BCUT2D eigenvalue weighted by molar-refractivity contribution is 5.78. The Balaban J connectivity index is 1.49. The van der Waals surface area contributed by atoms with Gasteiger partial charge in [0.05, 0.1) is 12.6 Å². The molecule has 1 aliphatic heterocycles. The molecule has 2 N–H and O–H groups in total. The lowest BCUT2D eigenvalue weighted by atomic mass is 9.58. The number of likely N-dealkylation sites (N-methyl/N-ethyl adjacent to an activating group) is 1. The third kappa shape index (κ3) is 3.45. The van der Waals surface area contributed by atoms with Gasteiger partial charge in [0.15, 0.2) is 0 Å². The molecule has 5 nitrogen and oxygen atoms in total. The van der Waals surface area contributed by atoms with Crippen molar-refractivity contribution in [3.63, 3.8) is 0 Å². The number of hydrogen-bond acceptors (Lipinski definition) is 4. The number of nitrogens with zero attached hydrogens (tertiary/aromatic N) is 1. The second kappa shape index (κ2) is 7.17. The Kier molecular flexibility index (Phi) is 5.18. The highest BCUT2D eigenvalue weighted by atomic mass is 19.1. The molecule has 1 saturated carbocycles. The largest absolute Gasteiger partial charge is 0.392 e. The Morgan fingerprint density at radius 2 is 2.04 bits per heavy atom. The molecule has 6 heteroatoms. The van der Waals surface area contributed by atoms with Crippen molar-refractivity contribution in [3.05, 3.63) is 35.6 Å². The number of carbonyl (C=O) groups excluding carboxylic acids is 1. The van der Waals surface area contributed by atoms with Gasteiger partial charge in [-0.25, -0.2) is 4.39 Å². The quantitative estimate of drug-likeness (QED) is 0.851. The second-order valence-corrected chi connectivity index (χ2v) is 6.91. The highest BCUT2D eigenvalue weighted by Crippen LogP contribution is 2.48. The number of aliphatic hydroxyl groups is 1. The minimum Gasteiger partial charge on any atom is -0.392 e. The fourth-order valence-electron chi connectivity index (χ4n) is 3.78. The van der Waals surface area contributed by atoms with Gasteiger partial charge < -0.3 is 20.1 Å². The van der Waals surface area contributed by atoms with E-state index < -0.39 is 0 Å². The van der Waals surface area contributed by atoms with Gasteiger partial charge in [0.1, 0.15) is 5.82 Å². The Labute approximate surface area is 141 Å². The Morgan fingerprint density at radius 3 is 2.67 bits per heavy atom. The highest BCUT2D eigenvalue weighted by Gasteiger charge is 2.54. The maximum Gasteiger partial charge on any atom is 0.236 e. The summed E-state index contributed by atoms with van der Waals surface area (Å²) in [5, 5.41) is 13.5. The van der Waals surface area contributed by atoms with E-state index in [1.54, 1.807) is 24.1 Å². The van der Waals surface area contributed by atoms with Gasteiger partial charge in [-0.05, 0) is 37.0 Å². The standard InChI is InChI=1S/C18H25FN2O3/c1-21(12-13-2-4-14(19)5-3-13)17(23)11-20-15-10-16(22)18(15)6-8-24-9-7-18/h2-5,15-16,20,22H,6-12H2,1H3/t15-,16-/m1/s1. The molecule has 132 valence electrons. The Morgan fingerprint density at radius 1 is 1.38 bits per heavy atom. The minimum absolute atomic E-state index is 0.0112. The van der Waals surface area contributed by atoms with E-state index in [-0.39, 0.29) is 35.8 Å². The average molecular weight is 336 g/mol. The molecule has 1 aromatic rings. The van der Waals surface area contributed by atoms with Gasteiger partial charge >= 0.3 is 0 Å². The molecule has 2 atom stereocenters. The first-order valence-electron chi connectivity index (χ1n) is 8.49. The van der Waals surface area contributed by atoms with Gasteiger partial charge in [0.25, 0.3) is 0 Å². The SMILES string of the molecule is CN(Cc1ccc(F)cc1)C(=O)CN[C@@H]1C[C@@H](O)C12CCOCC2. The lowest BCUT2D eigenvalue weighted by Gasteiger charge is -2.56. The van der Waals surface area contributed by atoms with Crippen LogP contribution < -0.4 is 5.32 Å². The van der Waals surface area contributed by atoms with Crippen molar-refractivity contribution in [2.75, 3.05) is 26.8 Å². The maximum absolute atomic E-state index is 12.9. The van der Waals surface area contributed by atoms with Crippen molar-refractivity contribution >= 4 is 5.91 Å². The number of halogens is 1. The van der Waals surface area contributed by atoms with Crippen molar-refractivity contribution < 1.29 is 19.0 Å². The van der Waals surface area contributed by atoms with Crippen molar-refractivity contribution in [1.29, 1.82) is 0 Å². The van der Waals surface area contributed by atoms with Crippen molar-refractivity contribution in [2.45, 2.75) is 38.0 Å². The third-order valence-corrected chi connectivity index (χ3v) is 5.50. The molecule has 0 aromatic heterocycles. The fraction of sp³-hybridized carbons (Fsp3) is 0.611. The molecule has 3 rings (SSSR count). The van der Waals surface area contributed by atoms with Gasteiger partial charge in [-0.15, -0.1) is 0 Å². The van der Waals surface area contributed by atoms with E-state index >= 15 is 0 Å². The van der Waals surface area contributed by atoms with E-state index in [0.717, 1.165) is 18.4 Å². The summed E-state index contributed by atoms with van der Waals surface area (Å²) >= 11 is 0. The molecule has 1 heterocycles. The number of nitrogens with one attached hydrogen (secondary N) is 1. The van der Waals surface area contributed by atoms with Gasteiger partial charge in [-0.2, -0.15) is 0 Å². The smallest absolute Gasteiger partial charge is 0.236 e. The summed E-state index contributed by atoms with van der Waals surface area (Å²) in [5.74, 6) is -0.289. The predicted molar refractivity (Wildman–Crippen MR) is 87.8 cm³/mol. The molecule has 1 saturated heterocycles. The van der Waals surface area contributed by atoms with E-state index in [9.17, 15) is 14.3 Å². The molecule has 1 aliphatic carbocycles. The van der Waals surface area contributed by atoms with E-state index in [0.29, 0.717) is 26.2 Å². The van der Waals surface area contributed by atoms with Crippen LogP contribution in [0.15, 0.2) is 24.3 Å². The first-order valence-corrected chi connectivity index (χ1v) is 8.49. The topological polar surface area (TPSA) is 61.8 Å². The van der Waals surface area contributed by atoms with E-state index in [1.165, 1.54) is 12.1 Å². The van der Waals surface area contributed by atoms with Crippen molar-refractivity contribution in [3.8, 4) is 0 Å². The summed E-state index contributed by atoms with van der Waals surface area (Å²) < 4.78 is 18.3. The number of hydrogen-bond donors (Lipinski definition) is 2. The molecule has 24 heavy (non-hydrogen) atoms. The zero-order valence-corrected chi connectivity index (χ0v) is 14.0. The second-order valence-electron chi connectivity index (χ2n) is 6.91. The first-order chi connectivity index (χ1) is 11.5. The summed E-state index contributed by atoms with van der Waals surface area (Å²) in [6.07, 6.45) is 2.07. The van der Waals surface area contributed by atoms with Crippen LogP contribution in [-0.2, 0) is 16.1 Å². The zero-order chi connectivity index (χ0) is 17.2. The summed E-state index contributed by atoms with van der Waals surface area (Å²) in [6.45, 7) is 2.05. The number of amides is 1. The van der Waals surface area contributed by atoms with E-state index in [1.807, 2.05) is 0 Å². The number of aliphatic hydroxyl groups excluding tert-OH is 1. The van der Waals surface area contributed by atoms with Gasteiger partial charge in [0.2, 0.25) is 5.91 Å². The number of ether oxygens (including phenoxy) is 1. The maximum atomic E-state index is 12.9. The van der Waals surface area contributed by atoms with Crippen LogP contribution >= 0.6 is 0 Å². The van der Waals surface area contributed by atoms with Crippen LogP contribution in [0.5, 0.6) is 0 Å². The van der Waals surface area contributed by atoms with Gasteiger partial charge in [0, 0.05) is 38.3 Å². The molecule has 2 aliphatic rings. The fourth-order valence-corrected chi connectivity index (χ4v) is 3.78. The normalized spacial score (nSPS) is 25.3. The van der Waals surface area contributed by atoms with E-state index in [4.69, 9.17) is 4.74 Å². The molecule has 1 aromatic carbocycles. The molecule has 0 radical (unpaired) electrons. The summed E-state index contributed by atoms with van der Waals surface area (Å²) in [5.41, 5.74) is 0.765. The monoisotopic (exact) mass is 336 g/mol. The molecule has 0 bridgehead atoms. The molecular formula is C18H25FN2O3. The number of rotatable bonds is 5. The van der Waals surface area contributed by atoms with Crippen molar-refractivity contribution in [2.24, 2.45) is 5.41 Å². The van der Waals surface area contributed by atoms with Crippen molar-refractivity contribution in [1.82, 2.24) is 10.2 Å². The Hall–Kier alpha value is -1.50. The van der Waals surface area contributed by atoms with E-state index in [2.05, 4.69) is 5.32 Å². The van der Waals surface area contributed by atoms with Crippen LogP contribution in [0.1, 0.15) is 24.8 Å². The molecule has 2 fully saturated rings. The molecule has 1 amide bonds. The predicted octanol–water partition coefficient (Wildman–Crippen LogP) is 1.30. The summed E-state index contributed by atoms with van der Waals surface area (Å²) in [7, 11) is 1.74. The van der Waals surface area contributed by atoms with Crippen LogP contribution in [0, 0.1) is 11.2 Å². The minimum atomic E-state index is -0.300. The first kappa shape index (κ1) is 17.3. The zero-order valence-electron chi connectivity index (χ0n) is 14.0. The van der Waals surface area contributed by atoms with Gasteiger partial charge in [-0.1, -0.05) is 12.1 Å². The number of benzene rings is 1. The molecular weight excluding hydrogens is 311 g/mol.